The highest BCUT2D eigenvalue weighted by Crippen LogP contribution is 2.32. The van der Waals surface area contributed by atoms with Gasteiger partial charge in [0.15, 0.2) is 0 Å². The van der Waals surface area contributed by atoms with Gasteiger partial charge in [-0.25, -0.2) is 4.79 Å². The molecule has 0 aliphatic rings. The van der Waals surface area contributed by atoms with Crippen LogP contribution in [0.3, 0.4) is 0 Å². The summed E-state index contributed by atoms with van der Waals surface area (Å²) in [4.78, 5) is 11.1. The molecule has 0 amide bonds. The van der Waals surface area contributed by atoms with Crippen LogP contribution in [0.2, 0.25) is 0 Å². The molecule has 0 radical (unpaired) electrons. The molecule has 0 aliphatic carbocycles. The van der Waals surface area contributed by atoms with E-state index in [1.165, 1.54) is 6.07 Å². The van der Waals surface area contributed by atoms with Crippen LogP contribution in [0.25, 0.3) is 11.1 Å². The highest BCUT2D eigenvalue weighted by atomic mass is 16.5. The minimum absolute atomic E-state index is 0.233. The van der Waals surface area contributed by atoms with Crippen LogP contribution in [-0.4, -0.2) is 24.8 Å². The number of benzene rings is 2. The summed E-state index contributed by atoms with van der Waals surface area (Å²) in [7, 11) is 1.57. The van der Waals surface area contributed by atoms with Crippen LogP contribution in [0.5, 0.6) is 11.5 Å². The second-order valence-corrected chi connectivity index (χ2v) is 4.59. The fraction of sp³-hybridized carbons (Fsp3) is 0.235. The molecule has 0 bridgehead atoms. The van der Waals surface area contributed by atoms with Gasteiger partial charge in [-0.2, -0.15) is 0 Å². The van der Waals surface area contributed by atoms with Gasteiger partial charge in [0.05, 0.1) is 19.3 Å². The fourth-order valence-electron chi connectivity index (χ4n) is 2.02. The Kier molecular flexibility index (Phi) is 4.82. The van der Waals surface area contributed by atoms with E-state index in [2.05, 4.69) is 6.92 Å². The highest BCUT2D eigenvalue weighted by molar-refractivity contribution is 5.90. The molecule has 0 spiro atoms. The van der Waals surface area contributed by atoms with E-state index < -0.39 is 5.97 Å². The molecular formula is C17H18O4. The molecule has 0 heterocycles. The molecule has 0 saturated carbocycles. The molecule has 21 heavy (non-hydrogen) atoms. The standard InChI is InChI=1S/C17H18O4/c1-3-10-21-14-7-4-12(5-8-14)15-11-13(17(18)19)6-9-16(15)20-2/h4-9,11H,3,10H2,1-2H3,(H,18,19). The molecule has 0 saturated heterocycles. The van der Waals surface area contributed by atoms with Crippen LogP contribution in [-0.2, 0) is 0 Å². The molecule has 2 aromatic carbocycles. The molecule has 1 N–H and O–H groups in total. The maximum absolute atomic E-state index is 11.1. The van der Waals surface area contributed by atoms with Crippen LogP contribution in [0.4, 0.5) is 0 Å². The highest BCUT2D eigenvalue weighted by Gasteiger charge is 2.10. The van der Waals surface area contributed by atoms with E-state index in [4.69, 9.17) is 14.6 Å². The fourth-order valence-corrected chi connectivity index (χ4v) is 2.02. The Morgan fingerprint density at radius 3 is 2.43 bits per heavy atom. The van der Waals surface area contributed by atoms with Crippen molar-refractivity contribution < 1.29 is 19.4 Å². The summed E-state index contributed by atoms with van der Waals surface area (Å²) >= 11 is 0. The van der Waals surface area contributed by atoms with Crippen molar-refractivity contribution >= 4 is 5.97 Å². The molecule has 0 unspecified atom stereocenters. The van der Waals surface area contributed by atoms with Gasteiger partial charge in [0.2, 0.25) is 0 Å². The Labute approximate surface area is 123 Å². The Bertz CT molecular complexity index is 617. The summed E-state index contributed by atoms with van der Waals surface area (Å²) in [6.07, 6.45) is 0.955. The van der Waals surface area contributed by atoms with Crippen LogP contribution in [0.15, 0.2) is 42.5 Å². The van der Waals surface area contributed by atoms with Crippen molar-refractivity contribution in [1.82, 2.24) is 0 Å². The molecular weight excluding hydrogens is 268 g/mol. The van der Waals surface area contributed by atoms with E-state index in [1.807, 2.05) is 24.3 Å². The summed E-state index contributed by atoms with van der Waals surface area (Å²) in [6, 6.07) is 12.4. The van der Waals surface area contributed by atoms with E-state index in [0.29, 0.717) is 12.4 Å². The van der Waals surface area contributed by atoms with Crippen molar-refractivity contribution in [2.24, 2.45) is 0 Å². The van der Waals surface area contributed by atoms with Gasteiger partial charge in [-0.1, -0.05) is 19.1 Å². The first kappa shape index (κ1) is 14.9. The smallest absolute Gasteiger partial charge is 0.335 e. The summed E-state index contributed by atoms with van der Waals surface area (Å²) in [5.74, 6) is 0.484. The lowest BCUT2D eigenvalue weighted by Crippen LogP contribution is -1.98. The first-order valence-electron chi connectivity index (χ1n) is 6.80. The van der Waals surface area contributed by atoms with Gasteiger partial charge in [0.25, 0.3) is 0 Å². The van der Waals surface area contributed by atoms with Crippen molar-refractivity contribution in [2.75, 3.05) is 13.7 Å². The molecule has 0 aliphatic heterocycles. The first-order valence-corrected chi connectivity index (χ1v) is 6.80. The number of carbonyl (C=O) groups is 1. The molecule has 0 fully saturated rings. The molecule has 4 nitrogen and oxygen atoms in total. The van der Waals surface area contributed by atoms with Crippen LogP contribution in [0.1, 0.15) is 23.7 Å². The predicted molar refractivity (Wildman–Crippen MR) is 81.2 cm³/mol. The van der Waals surface area contributed by atoms with Gasteiger partial charge in [-0.3, -0.25) is 0 Å². The third-order valence-electron chi connectivity index (χ3n) is 3.08. The maximum atomic E-state index is 11.1. The third-order valence-corrected chi connectivity index (χ3v) is 3.08. The Morgan fingerprint density at radius 1 is 1.14 bits per heavy atom. The second-order valence-electron chi connectivity index (χ2n) is 4.59. The normalized spacial score (nSPS) is 10.2. The number of hydrogen-bond donors (Lipinski definition) is 1. The van der Waals surface area contributed by atoms with Crippen LogP contribution < -0.4 is 9.47 Å². The minimum atomic E-state index is -0.957. The van der Waals surface area contributed by atoms with Crippen molar-refractivity contribution in [2.45, 2.75) is 13.3 Å². The average Bonchev–Trinajstić information content (AvgIpc) is 2.52. The van der Waals surface area contributed by atoms with Gasteiger partial charge in [0, 0.05) is 5.56 Å². The predicted octanol–water partition coefficient (Wildman–Crippen LogP) is 3.85. The van der Waals surface area contributed by atoms with E-state index in [1.54, 1.807) is 19.2 Å². The van der Waals surface area contributed by atoms with E-state index in [9.17, 15) is 4.79 Å². The summed E-state index contributed by atoms with van der Waals surface area (Å²) in [5.41, 5.74) is 1.87. The lowest BCUT2D eigenvalue weighted by atomic mass is 10.0. The van der Waals surface area contributed by atoms with Crippen molar-refractivity contribution in [3.8, 4) is 22.6 Å². The third kappa shape index (κ3) is 3.54. The first-order chi connectivity index (χ1) is 10.2. The van der Waals surface area contributed by atoms with Crippen molar-refractivity contribution in [1.29, 1.82) is 0 Å². The number of hydrogen-bond acceptors (Lipinski definition) is 3. The number of aromatic carboxylic acids is 1. The molecule has 0 atom stereocenters. The van der Waals surface area contributed by atoms with Crippen LogP contribution >= 0.6 is 0 Å². The average molecular weight is 286 g/mol. The zero-order chi connectivity index (χ0) is 15.2. The van der Waals surface area contributed by atoms with Gasteiger partial charge < -0.3 is 14.6 Å². The molecule has 110 valence electrons. The minimum Gasteiger partial charge on any atom is -0.496 e. The lowest BCUT2D eigenvalue weighted by molar-refractivity contribution is 0.0697. The number of ether oxygens (including phenoxy) is 2. The number of rotatable bonds is 6. The zero-order valence-electron chi connectivity index (χ0n) is 12.1. The number of methoxy groups -OCH3 is 1. The number of carboxylic acids is 1. The van der Waals surface area contributed by atoms with Crippen molar-refractivity contribution in [3.63, 3.8) is 0 Å². The summed E-state index contributed by atoms with van der Waals surface area (Å²) in [5, 5.41) is 9.10. The lowest BCUT2D eigenvalue weighted by Gasteiger charge is -2.11. The SMILES string of the molecule is CCCOc1ccc(-c2cc(C(=O)O)ccc2OC)cc1. The zero-order valence-corrected chi connectivity index (χ0v) is 12.1. The van der Waals surface area contributed by atoms with Gasteiger partial charge in [-0.15, -0.1) is 0 Å². The van der Waals surface area contributed by atoms with E-state index >= 15 is 0 Å². The largest absolute Gasteiger partial charge is 0.496 e. The maximum Gasteiger partial charge on any atom is 0.335 e. The molecule has 2 rings (SSSR count). The van der Waals surface area contributed by atoms with Gasteiger partial charge >= 0.3 is 5.97 Å². The quantitative estimate of drug-likeness (QED) is 0.876. The Balaban J connectivity index is 2.35. The molecule has 2 aromatic rings. The van der Waals surface area contributed by atoms with E-state index in [-0.39, 0.29) is 5.56 Å². The van der Waals surface area contributed by atoms with Gasteiger partial charge in [0.1, 0.15) is 11.5 Å². The van der Waals surface area contributed by atoms with Crippen molar-refractivity contribution in [3.05, 3.63) is 48.0 Å². The Hall–Kier alpha value is -2.49. The molecule has 4 heteroatoms. The van der Waals surface area contributed by atoms with Gasteiger partial charge in [-0.05, 0) is 42.3 Å². The summed E-state index contributed by atoms with van der Waals surface area (Å²) < 4.78 is 10.8. The number of carboxylic acid groups (broad SMARTS) is 1. The Morgan fingerprint density at radius 2 is 1.86 bits per heavy atom. The summed E-state index contributed by atoms with van der Waals surface area (Å²) in [6.45, 7) is 2.73. The monoisotopic (exact) mass is 286 g/mol. The van der Waals surface area contributed by atoms with E-state index in [0.717, 1.165) is 23.3 Å². The second kappa shape index (κ2) is 6.79. The molecule has 0 aromatic heterocycles. The topological polar surface area (TPSA) is 55.8 Å². The van der Waals surface area contributed by atoms with Crippen LogP contribution in [0, 0.1) is 0 Å².